The molecule has 2 atom stereocenters. The Hall–Kier alpha value is -4.04. The standard InChI is InChI=1S/C29H29N5O2S/c1-18-15-23(19(2)33(18)21-10-8-20(9-11-21)32(3)4)28-27(24-7-5-6-14-30-24)31-29(37)34(28)22-12-13-25-26(16-22)36-17-35-25/h5-16,27-28H,17H2,1-4H3,(H,31,37)/t27-,28-/m0/s1. The molecule has 1 fully saturated rings. The van der Waals surface area contributed by atoms with E-state index < -0.39 is 0 Å². The minimum absolute atomic E-state index is 0.108. The van der Waals surface area contributed by atoms with Crippen LogP contribution in [0.4, 0.5) is 11.4 Å². The van der Waals surface area contributed by atoms with Crippen molar-refractivity contribution in [2.75, 3.05) is 30.7 Å². The summed E-state index contributed by atoms with van der Waals surface area (Å²) >= 11 is 5.92. The molecule has 2 aliphatic heterocycles. The predicted octanol–water partition coefficient (Wildman–Crippen LogP) is 5.46. The van der Waals surface area contributed by atoms with Crippen molar-refractivity contribution in [1.82, 2.24) is 14.9 Å². The molecule has 6 rings (SSSR count). The number of fused-ring (bicyclic) bond motifs is 1. The Morgan fingerprint density at radius 3 is 2.43 bits per heavy atom. The van der Waals surface area contributed by atoms with E-state index in [1.54, 1.807) is 0 Å². The van der Waals surface area contributed by atoms with Crippen LogP contribution in [0.2, 0.25) is 0 Å². The van der Waals surface area contributed by atoms with Gasteiger partial charge < -0.3 is 29.2 Å². The Bertz CT molecular complexity index is 1470. The first-order valence-electron chi connectivity index (χ1n) is 12.3. The van der Waals surface area contributed by atoms with Crippen LogP contribution in [0.15, 0.2) is 72.9 Å². The Kier molecular flexibility index (Phi) is 5.76. The van der Waals surface area contributed by atoms with E-state index in [2.05, 4.69) is 84.0 Å². The van der Waals surface area contributed by atoms with Gasteiger partial charge in [0.2, 0.25) is 6.79 Å². The van der Waals surface area contributed by atoms with Gasteiger partial charge in [0, 0.05) is 54.8 Å². The fourth-order valence-corrected chi connectivity index (χ4v) is 5.71. The van der Waals surface area contributed by atoms with Gasteiger partial charge in [-0.2, -0.15) is 0 Å². The van der Waals surface area contributed by atoms with Gasteiger partial charge in [0.05, 0.1) is 17.8 Å². The van der Waals surface area contributed by atoms with E-state index in [0.29, 0.717) is 5.11 Å². The molecule has 1 N–H and O–H groups in total. The molecule has 0 radical (unpaired) electrons. The molecule has 0 saturated carbocycles. The highest BCUT2D eigenvalue weighted by atomic mass is 32.1. The van der Waals surface area contributed by atoms with Crippen LogP contribution in [0.3, 0.4) is 0 Å². The number of nitrogens with zero attached hydrogens (tertiary/aromatic N) is 4. The Morgan fingerprint density at radius 1 is 0.946 bits per heavy atom. The second kappa shape index (κ2) is 9.12. The molecular formula is C29H29N5O2S. The molecule has 1 saturated heterocycles. The van der Waals surface area contributed by atoms with E-state index >= 15 is 0 Å². The molecule has 2 aromatic carbocycles. The summed E-state index contributed by atoms with van der Waals surface area (Å²) in [6, 6.07) is 22.7. The van der Waals surface area contributed by atoms with Crippen LogP contribution in [-0.4, -0.2) is 35.6 Å². The van der Waals surface area contributed by atoms with Crippen molar-refractivity contribution in [2.24, 2.45) is 0 Å². The highest BCUT2D eigenvalue weighted by Gasteiger charge is 2.42. The second-order valence-electron chi connectivity index (χ2n) is 9.61. The fraction of sp³-hybridized carbons (Fsp3) is 0.241. The lowest BCUT2D eigenvalue weighted by atomic mass is 9.96. The third kappa shape index (κ3) is 3.97. The molecular weight excluding hydrogens is 482 g/mol. The molecule has 0 aliphatic carbocycles. The first-order chi connectivity index (χ1) is 17.9. The third-order valence-electron chi connectivity index (χ3n) is 7.15. The molecule has 37 heavy (non-hydrogen) atoms. The van der Waals surface area contributed by atoms with Crippen LogP contribution in [-0.2, 0) is 0 Å². The summed E-state index contributed by atoms with van der Waals surface area (Å²) in [4.78, 5) is 8.98. The monoisotopic (exact) mass is 511 g/mol. The number of aryl methyl sites for hydroxylation is 1. The van der Waals surface area contributed by atoms with Crippen molar-refractivity contribution in [3.05, 3.63) is 95.6 Å². The minimum atomic E-state index is -0.121. The smallest absolute Gasteiger partial charge is 0.231 e. The number of anilines is 2. The molecule has 0 spiro atoms. The Morgan fingerprint density at radius 2 is 1.70 bits per heavy atom. The van der Waals surface area contributed by atoms with Gasteiger partial charge in [-0.05, 0) is 86.2 Å². The Balaban J connectivity index is 1.48. The van der Waals surface area contributed by atoms with E-state index in [9.17, 15) is 0 Å². The lowest BCUT2D eigenvalue weighted by Crippen LogP contribution is -2.29. The second-order valence-corrected chi connectivity index (χ2v) is 9.99. The molecule has 0 unspecified atom stereocenters. The van der Waals surface area contributed by atoms with E-state index in [-0.39, 0.29) is 18.9 Å². The van der Waals surface area contributed by atoms with Crippen molar-refractivity contribution < 1.29 is 9.47 Å². The molecule has 7 nitrogen and oxygen atoms in total. The van der Waals surface area contributed by atoms with Crippen molar-refractivity contribution in [1.29, 1.82) is 0 Å². The van der Waals surface area contributed by atoms with Crippen molar-refractivity contribution in [2.45, 2.75) is 25.9 Å². The lowest BCUT2D eigenvalue weighted by Gasteiger charge is -2.28. The summed E-state index contributed by atoms with van der Waals surface area (Å²) in [5, 5.41) is 4.21. The number of hydrogen-bond donors (Lipinski definition) is 1. The zero-order valence-corrected chi connectivity index (χ0v) is 22.1. The first kappa shape index (κ1) is 23.4. The highest BCUT2D eigenvalue weighted by molar-refractivity contribution is 7.80. The quantitative estimate of drug-likeness (QED) is 0.357. The molecule has 4 aromatic rings. The summed E-state index contributed by atoms with van der Waals surface area (Å²) < 4.78 is 13.5. The highest BCUT2D eigenvalue weighted by Crippen LogP contribution is 2.46. The number of aromatic nitrogens is 2. The maximum absolute atomic E-state index is 5.92. The van der Waals surface area contributed by atoms with E-state index in [4.69, 9.17) is 26.7 Å². The summed E-state index contributed by atoms with van der Waals surface area (Å²) in [5.41, 5.74) is 7.70. The average molecular weight is 512 g/mol. The number of ether oxygens (including phenoxy) is 2. The van der Waals surface area contributed by atoms with Crippen LogP contribution in [0, 0.1) is 13.8 Å². The van der Waals surface area contributed by atoms with Crippen LogP contribution >= 0.6 is 12.2 Å². The number of pyridine rings is 1. The first-order valence-corrected chi connectivity index (χ1v) is 12.7. The number of rotatable bonds is 5. The number of thiocarbonyl (C=S) groups is 1. The summed E-state index contributed by atoms with van der Waals surface area (Å²) in [5.74, 6) is 1.48. The third-order valence-corrected chi connectivity index (χ3v) is 7.46. The van der Waals surface area contributed by atoms with Gasteiger partial charge >= 0.3 is 0 Å². The van der Waals surface area contributed by atoms with Crippen LogP contribution in [0.1, 0.15) is 34.7 Å². The van der Waals surface area contributed by atoms with Gasteiger partial charge in [-0.25, -0.2) is 0 Å². The van der Waals surface area contributed by atoms with Gasteiger partial charge in [0.25, 0.3) is 0 Å². The minimum Gasteiger partial charge on any atom is -0.454 e. The van der Waals surface area contributed by atoms with Gasteiger partial charge in [-0.1, -0.05) is 6.07 Å². The predicted molar refractivity (Wildman–Crippen MR) is 150 cm³/mol. The zero-order chi connectivity index (χ0) is 25.7. The number of benzene rings is 2. The zero-order valence-electron chi connectivity index (χ0n) is 21.3. The molecule has 2 aliphatic rings. The van der Waals surface area contributed by atoms with Crippen LogP contribution in [0.25, 0.3) is 5.69 Å². The number of hydrogen-bond acceptors (Lipinski definition) is 5. The molecule has 4 heterocycles. The SMILES string of the molecule is Cc1cc([C@H]2[C@H](c3ccccn3)NC(=S)N2c2ccc3c(c2)OCO3)c(C)n1-c1ccc(N(C)C)cc1. The lowest BCUT2D eigenvalue weighted by molar-refractivity contribution is 0.174. The molecule has 8 heteroatoms. The van der Waals surface area contributed by atoms with E-state index in [0.717, 1.165) is 34.3 Å². The van der Waals surface area contributed by atoms with Crippen molar-refractivity contribution in [3.63, 3.8) is 0 Å². The molecule has 0 bridgehead atoms. The van der Waals surface area contributed by atoms with E-state index in [1.165, 1.54) is 16.9 Å². The summed E-state index contributed by atoms with van der Waals surface area (Å²) in [7, 11) is 4.11. The fourth-order valence-electron chi connectivity index (χ4n) is 5.37. The summed E-state index contributed by atoms with van der Waals surface area (Å²) in [6.45, 7) is 4.56. The molecule has 2 aromatic heterocycles. The molecule has 0 amide bonds. The number of nitrogens with one attached hydrogen (secondary N) is 1. The van der Waals surface area contributed by atoms with E-state index in [1.807, 2.05) is 36.5 Å². The van der Waals surface area contributed by atoms with Crippen molar-refractivity contribution in [3.8, 4) is 17.2 Å². The maximum Gasteiger partial charge on any atom is 0.231 e. The van der Waals surface area contributed by atoms with Crippen molar-refractivity contribution >= 4 is 28.7 Å². The van der Waals surface area contributed by atoms with Gasteiger partial charge in [-0.3, -0.25) is 4.98 Å². The maximum atomic E-state index is 5.92. The largest absolute Gasteiger partial charge is 0.454 e. The Labute approximate surface area is 222 Å². The van der Waals surface area contributed by atoms with Crippen LogP contribution < -0.4 is 24.6 Å². The van der Waals surface area contributed by atoms with Gasteiger partial charge in [0.15, 0.2) is 16.6 Å². The van der Waals surface area contributed by atoms with Gasteiger partial charge in [-0.15, -0.1) is 0 Å². The topological polar surface area (TPSA) is 54.8 Å². The normalized spacial score (nSPS) is 18.3. The summed E-state index contributed by atoms with van der Waals surface area (Å²) in [6.07, 6.45) is 1.83. The van der Waals surface area contributed by atoms with Gasteiger partial charge in [0.1, 0.15) is 0 Å². The van der Waals surface area contributed by atoms with Crippen LogP contribution in [0.5, 0.6) is 11.5 Å². The molecule has 188 valence electrons. The average Bonchev–Trinajstić information content (AvgIpc) is 3.59.